The van der Waals surface area contributed by atoms with Crippen molar-refractivity contribution in [2.45, 2.75) is 13.3 Å². The number of aromatic hydroxyl groups is 1. The molecule has 1 heterocycles. The number of fused-ring (bicyclic) bond motifs is 1. The number of nitrogens with two attached hydrogens (primary N) is 1. The molecule has 0 aliphatic rings. The Morgan fingerprint density at radius 2 is 2.23 bits per heavy atom. The molecular weight excluding hydrogens is 352 g/mol. The fourth-order valence-electron chi connectivity index (χ4n) is 2.38. The van der Waals surface area contributed by atoms with Gasteiger partial charge in [0.15, 0.2) is 16.6 Å². The second-order valence-electron chi connectivity index (χ2n) is 5.48. The molecule has 7 nitrogen and oxygen atoms in total. The summed E-state index contributed by atoms with van der Waals surface area (Å²) in [6.07, 6.45) is 1.69. The molecule has 0 saturated heterocycles. The van der Waals surface area contributed by atoms with E-state index in [0.29, 0.717) is 23.1 Å². The third-order valence-electron chi connectivity index (χ3n) is 3.52. The molecule has 3 rings (SSSR count). The minimum Gasteiger partial charge on any atom is -0.504 e. The molecule has 26 heavy (non-hydrogen) atoms. The number of carbonyl (C=O) groups excluding carboxylic acids is 1. The number of thiazole rings is 1. The number of ether oxygens (including phenoxy) is 1. The van der Waals surface area contributed by atoms with E-state index in [1.165, 1.54) is 23.6 Å². The number of aromatic nitrogens is 1. The largest absolute Gasteiger partial charge is 0.504 e. The van der Waals surface area contributed by atoms with Crippen LogP contribution in [0.1, 0.15) is 18.1 Å². The molecule has 4 N–H and O–H groups in total. The average molecular weight is 370 g/mol. The highest BCUT2D eigenvalue weighted by Gasteiger charge is 2.06. The number of hydrazone groups is 1. The summed E-state index contributed by atoms with van der Waals surface area (Å²) in [5, 5.41) is 14.1. The molecule has 8 heteroatoms. The molecule has 2 aromatic carbocycles. The summed E-state index contributed by atoms with van der Waals surface area (Å²) < 4.78 is 6.26. The summed E-state index contributed by atoms with van der Waals surface area (Å²) in [6, 6.07) is 10.4. The minimum absolute atomic E-state index is 0.0622. The molecule has 1 amide bonds. The van der Waals surface area contributed by atoms with Crippen LogP contribution in [-0.4, -0.2) is 28.8 Å². The number of hydrogen-bond donors (Lipinski definition) is 3. The Labute approximate surface area is 154 Å². The van der Waals surface area contributed by atoms with E-state index in [-0.39, 0.29) is 18.1 Å². The normalized spacial score (nSPS) is 11.1. The van der Waals surface area contributed by atoms with E-state index in [4.69, 9.17) is 10.5 Å². The number of nitrogens with one attached hydrogen (secondary N) is 1. The molecule has 0 bridgehead atoms. The summed E-state index contributed by atoms with van der Waals surface area (Å²) in [6.45, 7) is 2.28. The van der Waals surface area contributed by atoms with Crippen LogP contribution in [0.25, 0.3) is 10.2 Å². The third kappa shape index (κ3) is 4.28. The van der Waals surface area contributed by atoms with Crippen LogP contribution >= 0.6 is 11.3 Å². The maximum absolute atomic E-state index is 12.0. The highest BCUT2D eigenvalue weighted by atomic mass is 32.1. The number of phenols is 1. The van der Waals surface area contributed by atoms with Crippen LogP contribution in [0.15, 0.2) is 41.5 Å². The first-order valence-corrected chi connectivity index (χ1v) is 8.79. The first-order valence-electron chi connectivity index (χ1n) is 7.98. The molecule has 0 unspecified atom stereocenters. The van der Waals surface area contributed by atoms with Crippen LogP contribution in [0.4, 0.5) is 5.13 Å². The maximum atomic E-state index is 12.0. The van der Waals surface area contributed by atoms with Crippen molar-refractivity contribution in [2.75, 3.05) is 12.3 Å². The van der Waals surface area contributed by atoms with Crippen molar-refractivity contribution >= 4 is 38.8 Å². The molecule has 1 aromatic heterocycles. The van der Waals surface area contributed by atoms with E-state index in [9.17, 15) is 9.90 Å². The van der Waals surface area contributed by atoms with Crippen molar-refractivity contribution in [3.05, 3.63) is 47.5 Å². The van der Waals surface area contributed by atoms with Crippen molar-refractivity contribution in [1.82, 2.24) is 10.4 Å². The SMILES string of the molecule is CCOc1cc(/C=N\NC(=O)Cc2ccc3nc(N)sc3c2)ccc1O. The van der Waals surface area contributed by atoms with Gasteiger partial charge in [-0.1, -0.05) is 17.4 Å². The quantitative estimate of drug-likeness (QED) is 0.456. The molecule has 0 fully saturated rings. The van der Waals surface area contributed by atoms with Crippen LogP contribution < -0.4 is 15.9 Å². The molecule has 0 atom stereocenters. The lowest BCUT2D eigenvalue weighted by Gasteiger charge is -2.06. The molecule has 0 aliphatic heterocycles. The van der Waals surface area contributed by atoms with Gasteiger partial charge in [-0.05, 0) is 48.4 Å². The van der Waals surface area contributed by atoms with Crippen molar-refractivity contribution < 1.29 is 14.6 Å². The Balaban J connectivity index is 1.60. The topological polar surface area (TPSA) is 110 Å². The van der Waals surface area contributed by atoms with Gasteiger partial charge < -0.3 is 15.6 Å². The van der Waals surface area contributed by atoms with Gasteiger partial charge in [-0.15, -0.1) is 0 Å². The summed E-state index contributed by atoms with van der Waals surface area (Å²) >= 11 is 1.39. The second-order valence-corrected chi connectivity index (χ2v) is 6.55. The van der Waals surface area contributed by atoms with E-state index in [0.717, 1.165) is 15.8 Å². The average Bonchev–Trinajstić information content (AvgIpc) is 2.97. The zero-order valence-electron chi connectivity index (χ0n) is 14.1. The van der Waals surface area contributed by atoms with Gasteiger partial charge in [0, 0.05) is 0 Å². The van der Waals surface area contributed by atoms with Crippen LogP contribution in [0, 0.1) is 0 Å². The summed E-state index contributed by atoms with van der Waals surface area (Å²) in [5.41, 5.74) is 10.6. The van der Waals surface area contributed by atoms with E-state index < -0.39 is 0 Å². The number of nitrogens with zero attached hydrogens (tertiary/aromatic N) is 2. The Bertz CT molecular complexity index is 968. The predicted octanol–water partition coefficient (Wildman–Crippen LogP) is 2.68. The zero-order valence-corrected chi connectivity index (χ0v) is 14.9. The fraction of sp³-hybridized carbons (Fsp3) is 0.167. The number of carbonyl (C=O) groups is 1. The van der Waals surface area contributed by atoms with Gasteiger partial charge in [0.25, 0.3) is 0 Å². The van der Waals surface area contributed by atoms with Crippen LogP contribution in [0.2, 0.25) is 0 Å². The number of phenolic OH excluding ortho intramolecular Hbond substituents is 1. The summed E-state index contributed by atoms with van der Waals surface area (Å²) in [4.78, 5) is 16.2. The van der Waals surface area contributed by atoms with Crippen LogP contribution in [0.5, 0.6) is 11.5 Å². The van der Waals surface area contributed by atoms with E-state index in [1.807, 2.05) is 25.1 Å². The van der Waals surface area contributed by atoms with Gasteiger partial charge >= 0.3 is 0 Å². The highest BCUT2D eigenvalue weighted by molar-refractivity contribution is 7.22. The standard InChI is InChI=1S/C18H18N4O3S/c1-2-25-15-7-12(4-6-14(15)23)10-20-22-17(24)9-11-3-5-13-16(8-11)26-18(19)21-13/h3-8,10,23H,2,9H2,1H3,(H2,19,21)(H,22,24)/b20-10-. The predicted molar refractivity (Wildman–Crippen MR) is 103 cm³/mol. The highest BCUT2D eigenvalue weighted by Crippen LogP contribution is 2.26. The molecule has 0 aliphatic carbocycles. The lowest BCUT2D eigenvalue weighted by molar-refractivity contribution is -0.120. The lowest BCUT2D eigenvalue weighted by Crippen LogP contribution is -2.19. The number of rotatable bonds is 6. The number of benzene rings is 2. The first-order chi connectivity index (χ1) is 12.5. The fourth-order valence-corrected chi connectivity index (χ4v) is 3.18. The Morgan fingerprint density at radius 1 is 1.38 bits per heavy atom. The first kappa shape index (κ1) is 17.7. The number of anilines is 1. The van der Waals surface area contributed by atoms with E-state index >= 15 is 0 Å². The van der Waals surface area contributed by atoms with Crippen LogP contribution in [0.3, 0.4) is 0 Å². The Hall–Kier alpha value is -3.13. The van der Waals surface area contributed by atoms with Gasteiger partial charge in [0.1, 0.15) is 0 Å². The Morgan fingerprint density at radius 3 is 3.04 bits per heavy atom. The molecule has 0 radical (unpaired) electrons. The van der Waals surface area contributed by atoms with Crippen molar-refractivity contribution in [2.24, 2.45) is 5.10 Å². The van der Waals surface area contributed by atoms with E-state index in [1.54, 1.807) is 12.1 Å². The molecule has 0 spiro atoms. The van der Waals surface area contributed by atoms with Gasteiger partial charge in [-0.2, -0.15) is 5.10 Å². The van der Waals surface area contributed by atoms with Crippen molar-refractivity contribution in [3.8, 4) is 11.5 Å². The van der Waals surface area contributed by atoms with Crippen molar-refractivity contribution in [3.63, 3.8) is 0 Å². The van der Waals surface area contributed by atoms with Gasteiger partial charge in [-0.25, -0.2) is 10.4 Å². The molecular formula is C18H18N4O3S. The third-order valence-corrected chi connectivity index (χ3v) is 4.37. The number of nitrogen functional groups attached to an aromatic ring is 1. The Kier molecular flexibility index (Phi) is 5.33. The second kappa shape index (κ2) is 7.83. The maximum Gasteiger partial charge on any atom is 0.244 e. The number of amides is 1. The van der Waals surface area contributed by atoms with Gasteiger partial charge in [-0.3, -0.25) is 4.79 Å². The van der Waals surface area contributed by atoms with Crippen molar-refractivity contribution in [1.29, 1.82) is 0 Å². The van der Waals surface area contributed by atoms with Gasteiger partial charge in [0.05, 0.1) is 29.5 Å². The monoisotopic (exact) mass is 370 g/mol. The van der Waals surface area contributed by atoms with E-state index in [2.05, 4.69) is 15.5 Å². The smallest absolute Gasteiger partial charge is 0.244 e. The molecule has 0 saturated carbocycles. The summed E-state index contributed by atoms with van der Waals surface area (Å²) in [7, 11) is 0. The lowest BCUT2D eigenvalue weighted by atomic mass is 10.1. The zero-order chi connectivity index (χ0) is 18.5. The number of hydrogen-bond acceptors (Lipinski definition) is 7. The minimum atomic E-state index is -0.234. The van der Waals surface area contributed by atoms with Gasteiger partial charge in [0.2, 0.25) is 5.91 Å². The summed E-state index contributed by atoms with van der Waals surface area (Å²) in [5.74, 6) is 0.203. The van der Waals surface area contributed by atoms with Crippen LogP contribution in [-0.2, 0) is 11.2 Å². The molecule has 3 aromatic rings. The molecule has 134 valence electrons.